The van der Waals surface area contributed by atoms with Gasteiger partial charge in [0.2, 0.25) is 0 Å². The molecule has 0 N–H and O–H groups in total. The molecule has 10 heavy (non-hydrogen) atoms. The minimum Gasteiger partial charge on any atom is -0.336 e. The Hall–Kier alpha value is -1.02. The lowest BCUT2D eigenvalue weighted by Crippen LogP contribution is -1.90. The van der Waals surface area contributed by atoms with Crippen molar-refractivity contribution >= 4 is 0 Å². The van der Waals surface area contributed by atoms with Crippen LogP contribution in [0.4, 0.5) is 0 Å². The van der Waals surface area contributed by atoms with Crippen molar-refractivity contribution in [1.29, 1.82) is 0 Å². The van der Waals surface area contributed by atoms with Gasteiger partial charge in [-0.15, -0.1) is 0 Å². The Balaban J connectivity index is 2.51. The molecule has 1 radical (unpaired) electrons. The van der Waals surface area contributed by atoms with Gasteiger partial charge in [0.15, 0.2) is 11.9 Å². The highest BCUT2D eigenvalue weighted by Crippen LogP contribution is 2.32. The molecule has 0 fully saturated rings. The number of rotatable bonds is 0. The Kier molecular flexibility index (Phi) is 1.14. The molecule has 0 aromatic heterocycles. The summed E-state index contributed by atoms with van der Waals surface area (Å²) < 4.78 is 0. The van der Waals surface area contributed by atoms with Gasteiger partial charge in [0.25, 0.3) is 0 Å². The van der Waals surface area contributed by atoms with Crippen LogP contribution in [0.1, 0.15) is 12.5 Å². The van der Waals surface area contributed by atoms with Crippen LogP contribution in [0.5, 0.6) is 5.75 Å². The zero-order chi connectivity index (χ0) is 6.97. The molecule has 1 aliphatic rings. The third-order valence-electron chi connectivity index (χ3n) is 1.52. The summed E-state index contributed by atoms with van der Waals surface area (Å²) in [5, 5.41) is 0. The topological polar surface area (TPSA) is 18.5 Å². The molecular formula is C8H7O2. The Morgan fingerprint density at radius 1 is 1.10 bits per heavy atom. The Morgan fingerprint density at radius 2 is 1.90 bits per heavy atom. The van der Waals surface area contributed by atoms with E-state index in [0.29, 0.717) is 0 Å². The van der Waals surface area contributed by atoms with Crippen molar-refractivity contribution in [3.63, 3.8) is 0 Å². The van der Waals surface area contributed by atoms with E-state index >= 15 is 0 Å². The average molecular weight is 135 g/mol. The summed E-state index contributed by atoms with van der Waals surface area (Å²) in [6, 6.07) is 7.73. The molecule has 0 atom stereocenters. The number of benzene rings is 1. The summed E-state index contributed by atoms with van der Waals surface area (Å²) in [6.07, 6.45) is 0.829. The van der Waals surface area contributed by atoms with Crippen LogP contribution < -0.4 is 4.89 Å². The molecule has 0 bridgehead atoms. The Labute approximate surface area is 59.3 Å². The average Bonchev–Trinajstić information content (AvgIpc) is 2.34. The second kappa shape index (κ2) is 1.99. The summed E-state index contributed by atoms with van der Waals surface area (Å²) in [4.78, 5) is 9.71. The van der Waals surface area contributed by atoms with Crippen molar-refractivity contribution < 1.29 is 9.78 Å². The summed E-state index contributed by atoms with van der Waals surface area (Å²) in [7, 11) is 0. The van der Waals surface area contributed by atoms with Crippen molar-refractivity contribution in [3.8, 4) is 5.75 Å². The molecule has 1 heterocycles. The van der Waals surface area contributed by atoms with Crippen LogP contribution in [0.25, 0.3) is 0 Å². The molecule has 0 amide bonds. The fourth-order valence-corrected chi connectivity index (χ4v) is 0.982. The highest BCUT2D eigenvalue weighted by Gasteiger charge is 2.21. The molecule has 0 saturated heterocycles. The number of fused-ring (bicyclic) bond motifs is 1. The number of hydrogen-bond donors (Lipinski definition) is 0. The predicted molar refractivity (Wildman–Crippen MR) is 36.2 cm³/mol. The SMILES string of the molecule is C[C]1OOc2ccccc21. The van der Waals surface area contributed by atoms with E-state index < -0.39 is 0 Å². The molecule has 2 heteroatoms. The zero-order valence-corrected chi connectivity index (χ0v) is 5.63. The molecule has 0 saturated carbocycles. The van der Waals surface area contributed by atoms with Crippen molar-refractivity contribution in [1.82, 2.24) is 0 Å². The first-order chi connectivity index (χ1) is 4.88. The summed E-state index contributed by atoms with van der Waals surface area (Å²) in [5.74, 6) is 0.806. The second-order valence-electron chi connectivity index (χ2n) is 2.22. The molecule has 1 aromatic rings. The van der Waals surface area contributed by atoms with Crippen LogP contribution in [-0.2, 0) is 4.89 Å². The van der Waals surface area contributed by atoms with Gasteiger partial charge in [-0.25, -0.2) is 0 Å². The molecule has 1 aliphatic heterocycles. The molecule has 0 unspecified atom stereocenters. The van der Waals surface area contributed by atoms with Crippen molar-refractivity contribution in [2.45, 2.75) is 6.92 Å². The van der Waals surface area contributed by atoms with Gasteiger partial charge in [-0.2, -0.15) is 4.89 Å². The summed E-state index contributed by atoms with van der Waals surface area (Å²) >= 11 is 0. The first kappa shape index (κ1) is 5.74. The lowest BCUT2D eigenvalue weighted by atomic mass is 10.1. The van der Waals surface area contributed by atoms with E-state index in [1.165, 1.54) is 0 Å². The Morgan fingerprint density at radius 3 is 2.70 bits per heavy atom. The maximum atomic E-state index is 4.87. The molecule has 0 spiro atoms. The lowest BCUT2D eigenvalue weighted by Gasteiger charge is -1.92. The highest BCUT2D eigenvalue weighted by molar-refractivity contribution is 5.42. The number of hydrogen-bond acceptors (Lipinski definition) is 2. The van der Waals surface area contributed by atoms with Gasteiger partial charge in [-0.1, -0.05) is 18.2 Å². The maximum absolute atomic E-state index is 4.87. The zero-order valence-electron chi connectivity index (χ0n) is 5.63. The second-order valence-corrected chi connectivity index (χ2v) is 2.22. The van der Waals surface area contributed by atoms with Gasteiger partial charge in [0.05, 0.1) is 0 Å². The van der Waals surface area contributed by atoms with E-state index in [1.54, 1.807) is 0 Å². The fourth-order valence-electron chi connectivity index (χ4n) is 0.982. The van der Waals surface area contributed by atoms with Gasteiger partial charge in [0, 0.05) is 5.56 Å². The fraction of sp³-hybridized carbons (Fsp3) is 0.125. The monoisotopic (exact) mass is 135 g/mol. The molecule has 1 aromatic carbocycles. The molecule has 2 nitrogen and oxygen atoms in total. The van der Waals surface area contributed by atoms with E-state index in [9.17, 15) is 0 Å². The standard InChI is InChI=1S/C8H7O2/c1-6-7-4-2-3-5-8(7)10-9-6/h2-5H,1H3. The molecule has 51 valence electrons. The normalized spacial score (nSPS) is 16.5. The van der Waals surface area contributed by atoms with Crippen LogP contribution in [0.3, 0.4) is 0 Å². The minimum absolute atomic E-state index is 0.806. The first-order valence-electron chi connectivity index (χ1n) is 3.15. The van der Waals surface area contributed by atoms with Gasteiger partial charge in [-0.05, 0) is 13.0 Å². The van der Waals surface area contributed by atoms with E-state index in [-0.39, 0.29) is 0 Å². The van der Waals surface area contributed by atoms with Crippen LogP contribution in [0.2, 0.25) is 0 Å². The quantitative estimate of drug-likeness (QED) is 0.506. The molecule has 0 aliphatic carbocycles. The maximum Gasteiger partial charge on any atom is 0.178 e. The highest BCUT2D eigenvalue weighted by atomic mass is 17.2. The predicted octanol–water partition coefficient (Wildman–Crippen LogP) is 1.91. The van der Waals surface area contributed by atoms with Gasteiger partial charge in [-0.3, -0.25) is 0 Å². The first-order valence-corrected chi connectivity index (χ1v) is 3.15. The molecule has 2 rings (SSSR count). The van der Waals surface area contributed by atoms with Gasteiger partial charge >= 0.3 is 0 Å². The largest absolute Gasteiger partial charge is 0.336 e. The van der Waals surface area contributed by atoms with Crippen LogP contribution >= 0.6 is 0 Å². The van der Waals surface area contributed by atoms with Crippen molar-refractivity contribution in [3.05, 3.63) is 35.9 Å². The van der Waals surface area contributed by atoms with Gasteiger partial charge in [0.1, 0.15) is 0 Å². The summed E-state index contributed by atoms with van der Waals surface area (Å²) in [5.41, 5.74) is 1.04. The van der Waals surface area contributed by atoms with Crippen molar-refractivity contribution in [2.24, 2.45) is 0 Å². The molecular weight excluding hydrogens is 128 g/mol. The van der Waals surface area contributed by atoms with Crippen LogP contribution in [0, 0.1) is 6.10 Å². The van der Waals surface area contributed by atoms with Crippen molar-refractivity contribution in [2.75, 3.05) is 0 Å². The summed E-state index contributed by atoms with van der Waals surface area (Å²) in [6.45, 7) is 1.88. The lowest BCUT2D eigenvalue weighted by molar-refractivity contribution is -0.168. The Bertz CT molecular complexity index is 245. The van der Waals surface area contributed by atoms with Gasteiger partial charge < -0.3 is 4.89 Å². The van der Waals surface area contributed by atoms with Crippen LogP contribution in [0.15, 0.2) is 24.3 Å². The van der Waals surface area contributed by atoms with E-state index in [2.05, 4.69) is 0 Å². The third kappa shape index (κ3) is 0.693. The number of para-hydroxylation sites is 1. The van der Waals surface area contributed by atoms with E-state index in [0.717, 1.165) is 17.4 Å². The van der Waals surface area contributed by atoms with E-state index in [1.807, 2.05) is 31.2 Å². The van der Waals surface area contributed by atoms with Crippen LogP contribution in [-0.4, -0.2) is 0 Å². The third-order valence-corrected chi connectivity index (χ3v) is 1.52. The minimum atomic E-state index is 0.806. The smallest absolute Gasteiger partial charge is 0.178 e. The van der Waals surface area contributed by atoms with E-state index in [4.69, 9.17) is 9.78 Å².